The van der Waals surface area contributed by atoms with E-state index in [1.54, 1.807) is 0 Å². The smallest absolute Gasteiger partial charge is 0.204 e. The van der Waals surface area contributed by atoms with Gasteiger partial charge in [-0.3, -0.25) is 4.90 Å². The Labute approximate surface area is 94.1 Å². The van der Waals surface area contributed by atoms with E-state index in [-0.39, 0.29) is 0 Å². The summed E-state index contributed by atoms with van der Waals surface area (Å²) < 4.78 is 4.33. The lowest BCUT2D eigenvalue weighted by Gasteiger charge is -2.39. The number of aromatic nitrogens is 2. The standard InChI is InChI=1S/C9H17N5S/c1-13(2)9-11-8(12-15-9)6-14-4-3-7(14)5-10/h7H,3-6,10H2,1-2H3. The normalized spacial score (nSPS) is 21.4. The average molecular weight is 227 g/mol. The van der Waals surface area contributed by atoms with Crippen molar-refractivity contribution in [3.63, 3.8) is 0 Å². The molecule has 15 heavy (non-hydrogen) atoms. The van der Waals surface area contributed by atoms with Crippen LogP contribution in [-0.2, 0) is 6.54 Å². The van der Waals surface area contributed by atoms with Crippen molar-refractivity contribution in [2.24, 2.45) is 5.73 Å². The van der Waals surface area contributed by atoms with Crippen LogP contribution in [0.15, 0.2) is 0 Å². The molecule has 2 rings (SSSR count). The molecule has 0 aromatic carbocycles. The Bertz CT molecular complexity index is 322. The molecule has 0 saturated carbocycles. The van der Waals surface area contributed by atoms with Crippen LogP contribution in [0.25, 0.3) is 0 Å². The van der Waals surface area contributed by atoms with Crippen molar-refractivity contribution in [2.45, 2.75) is 19.0 Å². The minimum absolute atomic E-state index is 0.538. The van der Waals surface area contributed by atoms with Gasteiger partial charge >= 0.3 is 0 Å². The van der Waals surface area contributed by atoms with Crippen molar-refractivity contribution in [1.82, 2.24) is 14.3 Å². The molecule has 1 aromatic heterocycles. The van der Waals surface area contributed by atoms with Crippen LogP contribution in [0.1, 0.15) is 12.2 Å². The van der Waals surface area contributed by atoms with Crippen LogP contribution in [-0.4, -0.2) is 47.5 Å². The highest BCUT2D eigenvalue weighted by atomic mass is 32.1. The fourth-order valence-corrected chi connectivity index (χ4v) is 2.24. The third-order valence-corrected chi connectivity index (χ3v) is 3.64. The molecule has 1 saturated heterocycles. The quantitative estimate of drug-likeness (QED) is 0.793. The molecular formula is C9H17N5S. The number of anilines is 1. The van der Waals surface area contributed by atoms with Gasteiger partial charge in [0.15, 0.2) is 5.82 Å². The Morgan fingerprint density at radius 1 is 1.60 bits per heavy atom. The summed E-state index contributed by atoms with van der Waals surface area (Å²) in [7, 11) is 3.97. The summed E-state index contributed by atoms with van der Waals surface area (Å²) >= 11 is 1.45. The van der Waals surface area contributed by atoms with E-state index in [0.29, 0.717) is 6.04 Å². The summed E-state index contributed by atoms with van der Waals surface area (Å²) in [4.78, 5) is 8.77. The van der Waals surface area contributed by atoms with E-state index in [0.717, 1.165) is 30.6 Å². The van der Waals surface area contributed by atoms with E-state index in [2.05, 4.69) is 14.3 Å². The SMILES string of the molecule is CN(C)c1nc(CN2CCC2CN)ns1. The fraction of sp³-hybridized carbons (Fsp3) is 0.778. The van der Waals surface area contributed by atoms with E-state index >= 15 is 0 Å². The van der Waals surface area contributed by atoms with Gasteiger partial charge in [-0.1, -0.05) is 0 Å². The molecule has 2 heterocycles. The van der Waals surface area contributed by atoms with Gasteiger partial charge in [-0.05, 0) is 6.42 Å². The maximum absolute atomic E-state index is 5.64. The van der Waals surface area contributed by atoms with E-state index in [1.165, 1.54) is 18.0 Å². The first-order valence-electron chi connectivity index (χ1n) is 5.14. The summed E-state index contributed by atoms with van der Waals surface area (Å²) in [5.74, 6) is 0.918. The number of rotatable bonds is 4. The minimum atomic E-state index is 0.538. The first-order chi connectivity index (χ1) is 7.20. The second-order valence-electron chi connectivity index (χ2n) is 4.04. The van der Waals surface area contributed by atoms with Gasteiger partial charge in [0.2, 0.25) is 5.13 Å². The molecule has 1 aliphatic rings. The van der Waals surface area contributed by atoms with Gasteiger partial charge in [0.05, 0.1) is 6.54 Å². The monoisotopic (exact) mass is 227 g/mol. The van der Waals surface area contributed by atoms with Gasteiger partial charge in [-0.25, -0.2) is 4.98 Å². The first kappa shape index (κ1) is 10.8. The first-order valence-corrected chi connectivity index (χ1v) is 5.92. The lowest BCUT2D eigenvalue weighted by atomic mass is 10.0. The second-order valence-corrected chi connectivity index (χ2v) is 4.77. The van der Waals surface area contributed by atoms with Crippen LogP contribution in [0.5, 0.6) is 0 Å². The van der Waals surface area contributed by atoms with Gasteiger partial charge < -0.3 is 10.6 Å². The van der Waals surface area contributed by atoms with E-state index in [9.17, 15) is 0 Å². The van der Waals surface area contributed by atoms with Gasteiger partial charge in [-0.15, -0.1) is 0 Å². The Morgan fingerprint density at radius 3 is 2.87 bits per heavy atom. The zero-order valence-corrected chi connectivity index (χ0v) is 10.00. The molecule has 1 aliphatic heterocycles. The molecular weight excluding hydrogens is 210 g/mol. The van der Waals surface area contributed by atoms with Crippen LogP contribution in [0.3, 0.4) is 0 Å². The van der Waals surface area contributed by atoms with Crippen LogP contribution in [0, 0.1) is 0 Å². The van der Waals surface area contributed by atoms with Crippen LogP contribution in [0.2, 0.25) is 0 Å². The molecule has 5 nitrogen and oxygen atoms in total. The molecule has 1 aromatic rings. The van der Waals surface area contributed by atoms with E-state index in [1.807, 2.05) is 19.0 Å². The van der Waals surface area contributed by atoms with Crippen molar-refractivity contribution in [3.8, 4) is 0 Å². The van der Waals surface area contributed by atoms with Crippen molar-refractivity contribution in [3.05, 3.63) is 5.82 Å². The second kappa shape index (κ2) is 4.42. The Balaban J connectivity index is 1.93. The summed E-state index contributed by atoms with van der Waals surface area (Å²) in [5.41, 5.74) is 5.64. The van der Waals surface area contributed by atoms with Gasteiger partial charge in [0.1, 0.15) is 0 Å². The summed E-state index contributed by atoms with van der Waals surface area (Å²) in [6, 6.07) is 0.538. The maximum Gasteiger partial charge on any atom is 0.204 e. The molecule has 84 valence electrons. The van der Waals surface area contributed by atoms with Gasteiger partial charge in [-0.2, -0.15) is 4.37 Å². The van der Waals surface area contributed by atoms with Crippen molar-refractivity contribution < 1.29 is 0 Å². The zero-order valence-electron chi connectivity index (χ0n) is 9.18. The third-order valence-electron chi connectivity index (χ3n) is 2.72. The Kier molecular flexibility index (Phi) is 3.18. The van der Waals surface area contributed by atoms with E-state index in [4.69, 9.17) is 5.73 Å². The Hall–Kier alpha value is -0.720. The number of likely N-dealkylation sites (tertiary alicyclic amines) is 1. The lowest BCUT2D eigenvalue weighted by Crippen LogP contribution is -2.51. The van der Waals surface area contributed by atoms with Crippen LogP contribution < -0.4 is 10.6 Å². The van der Waals surface area contributed by atoms with Gasteiger partial charge in [0.25, 0.3) is 0 Å². The lowest BCUT2D eigenvalue weighted by molar-refractivity contribution is 0.0855. The minimum Gasteiger partial charge on any atom is -0.353 e. The van der Waals surface area contributed by atoms with Crippen molar-refractivity contribution >= 4 is 16.7 Å². The largest absolute Gasteiger partial charge is 0.353 e. The topological polar surface area (TPSA) is 58.3 Å². The zero-order chi connectivity index (χ0) is 10.8. The maximum atomic E-state index is 5.64. The van der Waals surface area contributed by atoms with Crippen LogP contribution in [0.4, 0.5) is 5.13 Å². The summed E-state index contributed by atoms with van der Waals surface area (Å²) in [5, 5.41) is 0.967. The molecule has 0 aliphatic carbocycles. The Morgan fingerprint density at radius 2 is 2.40 bits per heavy atom. The van der Waals surface area contributed by atoms with Crippen molar-refractivity contribution in [1.29, 1.82) is 0 Å². The summed E-state index contributed by atoms with van der Waals surface area (Å²) in [6.07, 6.45) is 1.21. The number of nitrogens with zero attached hydrogens (tertiary/aromatic N) is 4. The molecule has 0 spiro atoms. The molecule has 0 amide bonds. The molecule has 2 N–H and O–H groups in total. The predicted molar refractivity (Wildman–Crippen MR) is 62.1 cm³/mol. The average Bonchev–Trinajstić information content (AvgIpc) is 2.61. The molecule has 6 heteroatoms. The highest BCUT2D eigenvalue weighted by Gasteiger charge is 2.27. The molecule has 0 bridgehead atoms. The van der Waals surface area contributed by atoms with Crippen LogP contribution >= 0.6 is 11.5 Å². The number of nitrogens with two attached hydrogens (primary N) is 1. The molecule has 1 atom stereocenters. The number of hydrogen-bond donors (Lipinski definition) is 1. The highest BCUT2D eigenvalue weighted by Crippen LogP contribution is 2.20. The highest BCUT2D eigenvalue weighted by molar-refractivity contribution is 7.09. The molecule has 1 fully saturated rings. The molecule has 1 unspecified atom stereocenters. The number of hydrogen-bond acceptors (Lipinski definition) is 6. The van der Waals surface area contributed by atoms with E-state index < -0.39 is 0 Å². The fourth-order valence-electron chi connectivity index (χ4n) is 1.64. The van der Waals surface area contributed by atoms with Gasteiger partial charge in [0, 0.05) is 44.8 Å². The van der Waals surface area contributed by atoms with Crippen molar-refractivity contribution in [2.75, 3.05) is 32.1 Å². The summed E-state index contributed by atoms with van der Waals surface area (Å²) in [6.45, 7) is 2.70. The predicted octanol–water partition coefficient (Wildman–Crippen LogP) is 0.137. The third kappa shape index (κ3) is 2.27. The molecule has 0 radical (unpaired) electrons.